The van der Waals surface area contributed by atoms with Gasteiger partial charge in [-0.3, -0.25) is 0 Å². The van der Waals surface area contributed by atoms with Gasteiger partial charge in [0.2, 0.25) is 0 Å². The van der Waals surface area contributed by atoms with Crippen molar-refractivity contribution in [3.63, 3.8) is 0 Å². The van der Waals surface area contributed by atoms with E-state index in [9.17, 15) is 4.39 Å². The van der Waals surface area contributed by atoms with E-state index in [4.69, 9.17) is 5.73 Å². The van der Waals surface area contributed by atoms with Gasteiger partial charge in [0, 0.05) is 0 Å². The van der Waals surface area contributed by atoms with E-state index >= 15 is 0 Å². The lowest BCUT2D eigenvalue weighted by Crippen LogP contribution is -2.38. The monoisotopic (exact) mass is 269 g/mol. The fourth-order valence-corrected chi connectivity index (χ4v) is 3.20. The highest BCUT2D eigenvalue weighted by Crippen LogP contribution is 2.37. The summed E-state index contributed by atoms with van der Waals surface area (Å²) >= 11 is 0. The number of hydrogen-bond donors (Lipinski definition) is 1. The molecule has 0 fully saturated rings. The Balaban J connectivity index is 2.17. The summed E-state index contributed by atoms with van der Waals surface area (Å²) in [5, 5.41) is 0. The van der Waals surface area contributed by atoms with E-state index in [1.54, 1.807) is 13.0 Å². The summed E-state index contributed by atoms with van der Waals surface area (Å²) in [4.78, 5) is 0. The number of benzene rings is 2. The summed E-state index contributed by atoms with van der Waals surface area (Å²) in [6.45, 7) is 1.78. The lowest BCUT2D eigenvalue weighted by Gasteiger charge is -2.31. The highest BCUT2D eigenvalue weighted by atomic mass is 19.1. The van der Waals surface area contributed by atoms with E-state index < -0.39 is 5.54 Å². The van der Waals surface area contributed by atoms with Gasteiger partial charge in [0.25, 0.3) is 0 Å². The average Bonchev–Trinajstić information content (AvgIpc) is 2.63. The molecule has 1 nitrogen and oxygen atoms in total. The second kappa shape index (κ2) is 5.02. The fourth-order valence-electron chi connectivity index (χ4n) is 3.20. The largest absolute Gasteiger partial charge is 0.318 e. The van der Waals surface area contributed by atoms with Crippen LogP contribution in [-0.2, 0) is 12.0 Å². The average molecular weight is 269 g/mol. The SMILES string of the molecule is Cc1ccc(C2(N)CCCCc3ccccc32)cc1F. The van der Waals surface area contributed by atoms with Gasteiger partial charge in [-0.2, -0.15) is 0 Å². The molecule has 2 aromatic rings. The van der Waals surface area contributed by atoms with Gasteiger partial charge in [-0.25, -0.2) is 4.39 Å². The molecule has 0 radical (unpaired) electrons. The summed E-state index contributed by atoms with van der Waals surface area (Å²) in [6, 6.07) is 13.7. The number of hydrogen-bond acceptors (Lipinski definition) is 1. The normalized spacial score (nSPS) is 22.1. The van der Waals surface area contributed by atoms with Crippen LogP contribution in [0.3, 0.4) is 0 Å². The van der Waals surface area contributed by atoms with E-state index in [0.717, 1.165) is 36.8 Å². The maximum atomic E-state index is 13.9. The van der Waals surface area contributed by atoms with E-state index in [2.05, 4.69) is 18.2 Å². The molecule has 2 aromatic carbocycles. The van der Waals surface area contributed by atoms with Crippen LogP contribution in [0.25, 0.3) is 0 Å². The van der Waals surface area contributed by atoms with Crippen LogP contribution in [-0.4, -0.2) is 0 Å². The van der Waals surface area contributed by atoms with Crippen molar-refractivity contribution in [2.24, 2.45) is 5.73 Å². The molecule has 1 unspecified atom stereocenters. The maximum Gasteiger partial charge on any atom is 0.126 e. The van der Waals surface area contributed by atoms with Crippen LogP contribution in [0.1, 0.15) is 41.5 Å². The van der Waals surface area contributed by atoms with Crippen LogP contribution in [0, 0.1) is 12.7 Å². The van der Waals surface area contributed by atoms with Gasteiger partial charge >= 0.3 is 0 Å². The molecule has 1 aliphatic carbocycles. The predicted octanol–water partition coefficient (Wildman–Crippen LogP) is 4.06. The van der Waals surface area contributed by atoms with E-state index in [1.165, 1.54) is 5.56 Å². The molecule has 0 heterocycles. The predicted molar refractivity (Wildman–Crippen MR) is 80.1 cm³/mol. The van der Waals surface area contributed by atoms with Crippen molar-refractivity contribution in [3.05, 3.63) is 70.5 Å². The third kappa shape index (κ3) is 2.14. The summed E-state index contributed by atoms with van der Waals surface area (Å²) in [6.07, 6.45) is 4.14. The second-order valence-electron chi connectivity index (χ2n) is 5.80. The van der Waals surface area contributed by atoms with Crippen molar-refractivity contribution in [2.75, 3.05) is 0 Å². The van der Waals surface area contributed by atoms with Crippen LogP contribution < -0.4 is 5.73 Å². The van der Waals surface area contributed by atoms with Gasteiger partial charge < -0.3 is 5.73 Å². The molecule has 0 aliphatic heterocycles. The zero-order valence-electron chi connectivity index (χ0n) is 11.8. The van der Waals surface area contributed by atoms with E-state index in [-0.39, 0.29) is 5.82 Å². The first-order valence-corrected chi connectivity index (χ1v) is 7.25. The summed E-state index contributed by atoms with van der Waals surface area (Å²) < 4.78 is 13.9. The molecular formula is C18H20FN. The van der Waals surface area contributed by atoms with Crippen LogP contribution in [0.4, 0.5) is 4.39 Å². The number of aryl methyl sites for hydroxylation is 2. The molecule has 20 heavy (non-hydrogen) atoms. The quantitative estimate of drug-likeness (QED) is 0.776. The van der Waals surface area contributed by atoms with Gasteiger partial charge in [-0.15, -0.1) is 0 Å². The van der Waals surface area contributed by atoms with Crippen molar-refractivity contribution < 1.29 is 4.39 Å². The third-order valence-electron chi connectivity index (χ3n) is 4.45. The molecule has 0 aromatic heterocycles. The Morgan fingerprint density at radius 2 is 1.90 bits per heavy atom. The van der Waals surface area contributed by atoms with Crippen molar-refractivity contribution in [1.29, 1.82) is 0 Å². The molecule has 0 bridgehead atoms. The molecule has 1 aliphatic rings. The van der Waals surface area contributed by atoms with Gasteiger partial charge in [-0.05, 0) is 54.5 Å². The number of fused-ring (bicyclic) bond motifs is 1. The smallest absolute Gasteiger partial charge is 0.126 e. The summed E-state index contributed by atoms with van der Waals surface area (Å²) in [7, 11) is 0. The van der Waals surface area contributed by atoms with Gasteiger partial charge in [0.05, 0.1) is 5.54 Å². The van der Waals surface area contributed by atoms with Crippen LogP contribution >= 0.6 is 0 Å². The molecule has 3 rings (SSSR count). The minimum Gasteiger partial charge on any atom is -0.318 e. The molecule has 1 atom stereocenters. The fraction of sp³-hybridized carbons (Fsp3) is 0.333. The standard InChI is InChI=1S/C18H20FN/c1-13-9-10-15(12-17(13)19)18(20)11-5-4-7-14-6-2-3-8-16(14)18/h2-3,6,8-10,12H,4-5,7,11,20H2,1H3. The van der Waals surface area contributed by atoms with Gasteiger partial charge in [0.1, 0.15) is 5.82 Å². The zero-order valence-corrected chi connectivity index (χ0v) is 11.8. The molecule has 0 saturated carbocycles. The van der Waals surface area contributed by atoms with E-state index in [1.807, 2.05) is 18.2 Å². The second-order valence-corrected chi connectivity index (χ2v) is 5.80. The number of rotatable bonds is 1. The Bertz CT molecular complexity index is 635. The Hall–Kier alpha value is -1.67. The van der Waals surface area contributed by atoms with Gasteiger partial charge in [0.15, 0.2) is 0 Å². The van der Waals surface area contributed by atoms with Crippen molar-refractivity contribution in [1.82, 2.24) is 0 Å². The van der Waals surface area contributed by atoms with Crippen LogP contribution in [0.2, 0.25) is 0 Å². The molecule has 2 N–H and O–H groups in total. The topological polar surface area (TPSA) is 26.0 Å². The molecule has 0 amide bonds. The lowest BCUT2D eigenvalue weighted by molar-refractivity contribution is 0.475. The van der Waals surface area contributed by atoms with Gasteiger partial charge in [-0.1, -0.05) is 42.8 Å². The minimum absolute atomic E-state index is 0.172. The first-order valence-electron chi connectivity index (χ1n) is 7.25. The number of halogens is 1. The Kier molecular flexibility index (Phi) is 3.35. The zero-order chi connectivity index (χ0) is 14.2. The first kappa shape index (κ1) is 13.3. The first-order chi connectivity index (χ1) is 9.61. The Labute approximate surface area is 119 Å². The Morgan fingerprint density at radius 1 is 1.10 bits per heavy atom. The highest BCUT2D eigenvalue weighted by molar-refractivity contribution is 5.44. The number of nitrogens with two attached hydrogens (primary N) is 1. The molecular weight excluding hydrogens is 249 g/mol. The molecule has 2 heteroatoms. The maximum absolute atomic E-state index is 13.9. The highest BCUT2D eigenvalue weighted by Gasteiger charge is 2.33. The minimum atomic E-state index is -0.568. The summed E-state index contributed by atoms with van der Waals surface area (Å²) in [5.74, 6) is -0.172. The molecule has 0 saturated heterocycles. The van der Waals surface area contributed by atoms with Crippen molar-refractivity contribution in [2.45, 2.75) is 38.1 Å². The summed E-state index contributed by atoms with van der Waals surface area (Å²) in [5.41, 5.74) is 10.2. The Morgan fingerprint density at radius 3 is 2.70 bits per heavy atom. The van der Waals surface area contributed by atoms with Crippen LogP contribution in [0.5, 0.6) is 0 Å². The van der Waals surface area contributed by atoms with Crippen molar-refractivity contribution >= 4 is 0 Å². The van der Waals surface area contributed by atoms with Crippen molar-refractivity contribution in [3.8, 4) is 0 Å². The van der Waals surface area contributed by atoms with Crippen LogP contribution in [0.15, 0.2) is 42.5 Å². The van der Waals surface area contributed by atoms with E-state index in [0.29, 0.717) is 5.56 Å². The lowest BCUT2D eigenvalue weighted by atomic mass is 9.79. The molecule has 0 spiro atoms. The third-order valence-corrected chi connectivity index (χ3v) is 4.45. The molecule has 104 valence electrons.